The Bertz CT molecular complexity index is 618. The van der Waals surface area contributed by atoms with Crippen molar-refractivity contribution in [3.63, 3.8) is 0 Å². The van der Waals surface area contributed by atoms with Crippen molar-refractivity contribution in [1.29, 1.82) is 0 Å². The summed E-state index contributed by atoms with van der Waals surface area (Å²) >= 11 is 0. The lowest BCUT2D eigenvalue weighted by Crippen LogP contribution is -2.38. The van der Waals surface area contributed by atoms with E-state index < -0.39 is 0 Å². The average molecular weight is 515 g/mol. The number of nitrogens with one attached hydrogen (secondary N) is 2. The predicted molar refractivity (Wildman–Crippen MR) is 134 cm³/mol. The minimum absolute atomic E-state index is 0. The summed E-state index contributed by atoms with van der Waals surface area (Å²) in [4.78, 5) is 20.8. The molecule has 0 spiro atoms. The predicted octanol–water partition coefficient (Wildman–Crippen LogP) is 3.26. The van der Waals surface area contributed by atoms with Gasteiger partial charge in [0.25, 0.3) is 0 Å². The van der Waals surface area contributed by atoms with Crippen LogP contribution in [-0.2, 0) is 11.2 Å². The van der Waals surface area contributed by atoms with Crippen molar-refractivity contribution in [2.24, 2.45) is 4.99 Å². The Morgan fingerprint density at radius 2 is 1.90 bits per heavy atom. The van der Waals surface area contributed by atoms with E-state index in [1.165, 1.54) is 17.7 Å². The third-order valence-corrected chi connectivity index (χ3v) is 5.03. The van der Waals surface area contributed by atoms with Crippen molar-refractivity contribution >= 4 is 41.5 Å². The standard InChI is InChI=1S/C22H37N5O.HI/c1-4-23-22(24-15-8-18-27-17-7-5-6-9-21(27)28)25-16-14-19-10-12-20(13-11-19)26(2)3;/h10-13H,4-9,14-18H2,1-3H3,(H2,23,24,25);1H. The number of guanidine groups is 1. The van der Waals surface area contributed by atoms with Gasteiger partial charge in [-0.05, 0) is 50.3 Å². The van der Waals surface area contributed by atoms with Crippen molar-refractivity contribution < 1.29 is 4.79 Å². The molecule has 1 aromatic rings. The number of hydrogen-bond acceptors (Lipinski definition) is 3. The molecule has 7 heteroatoms. The van der Waals surface area contributed by atoms with E-state index in [1.807, 2.05) is 4.90 Å². The van der Waals surface area contributed by atoms with Crippen molar-refractivity contribution in [3.8, 4) is 0 Å². The maximum atomic E-state index is 12.0. The summed E-state index contributed by atoms with van der Waals surface area (Å²) in [5, 5.41) is 6.71. The monoisotopic (exact) mass is 515 g/mol. The van der Waals surface area contributed by atoms with Gasteiger partial charge in [0.1, 0.15) is 0 Å². The summed E-state index contributed by atoms with van der Waals surface area (Å²) in [6.07, 6.45) is 5.93. The smallest absolute Gasteiger partial charge is 0.222 e. The van der Waals surface area contributed by atoms with Crippen LogP contribution in [0.3, 0.4) is 0 Å². The molecular weight excluding hydrogens is 477 g/mol. The van der Waals surface area contributed by atoms with Gasteiger partial charge < -0.3 is 20.4 Å². The molecule has 1 amide bonds. The van der Waals surface area contributed by atoms with Crippen LogP contribution in [0.2, 0.25) is 0 Å². The lowest BCUT2D eigenvalue weighted by Gasteiger charge is -2.20. The highest BCUT2D eigenvalue weighted by Gasteiger charge is 2.15. The number of likely N-dealkylation sites (tertiary alicyclic amines) is 1. The highest BCUT2D eigenvalue weighted by molar-refractivity contribution is 14.0. The lowest BCUT2D eigenvalue weighted by molar-refractivity contribution is -0.130. The number of carbonyl (C=O) groups excluding carboxylic acids is 1. The van der Waals surface area contributed by atoms with Gasteiger partial charge in [0.15, 0.2) is 5.96 Å². The van der Waals surface area contributed by atoms with Gasteiger partial charge in [0, 0.05) is 58.9 Å². The van der Waals surface area contributed by atoms with Gasteiger partial charge in [0.05, 0.1) is 0 Å². The highest BCUT2D eigenvalue weighted by Crippen LogP contribution is 2.12. The SMILES string of the molecule is CCNC(=NCCCN1CCCCCC1=O)NCCc1ccc(N(C)C)cc1.I. The lowest BCUT2D eigenvalue weighted by atomic mass is 10.1. The molecule has 164 valence electrons. The fraction of sp³-hybridized carbons (Fsp3) is 0.636. The van der Waals surface area contributed by atoms with Crippen LogP contribution in [0.25, 0.3) is 0 Å². The molecule has 1 fully saturated rings. The van der Waals surface area contributed by atoms with Crippen molar-refractivity contribution in [2.75, 3.05) is 51.7 Å². The molecule has 0 aromatic heterocycles. The van der Waals surface area contributed by atoms with Crippen LogP contribution in [0.5, 0.6) is 0 Å². The molecule has 6 nitrogen and oxygen atoms in total. The molecule has 0 radical (unpaired) electrons. The van der Waals surface area contributed by atoms with Crippen molar-refractivity contribution in [1.82, 2.24) is 15.5 Å². The first kappa shape index (κ1) is 25.5. The number of hydrogen-bond donors (Lipinski definition) is 2. The Kier molecular flexibility index (Phi) is 12.7. The Labute approximate surface area is 193 Å². The zero-order valence-electron chi connectivity index (χ0n) is 18.2. The number of aliphatic imine (C=N–C) groups is 1. The van der Waals surface area contributed by atoms with Crippen molar-refractivity contribution in [3.05, 3.63) is 29.8 Å². The van der Waals surface area contributed by atoms with E-state index in [0.29, 0.717) is 12.3 Å². The Morgan fingerprint density at radius 1 is 1.14 bits per heavy atom. The van der Waals surface area contributed by atoms with Crippen LogP contribution in [0.15, 0.2) is 29.3 Å². The number of carbonyl (C=O) groups is 1. The fourth-order valence-electron chi connectivity index (χ4n) is 3.36. The molecule has 0 atom stereocenters. The molecule has 1 heterocycles. The van der Waals surface area contributed by atoms with E-state index in [-0.39, 0.29) is 24.0 Å². The van der Waals surface area contributed by atoms with Crippen LogP contribution in [0.4, 0.5) is 5.69 Å². The van der Waals surface area contributed by atoms with Crippen LogP contribution in [0, 0.1) is 0 Å². The van der Waals surface area contributed by atoms with Crippen LogP contribution in [0.1, 0.15) is 44.6 Å². The number of nitrogens with zero attached hydrogens (tertiary/aromatic N) is 3. The molecular formula is C22H38IN5O. The Morgan fingerprint density at radius 3 is 2.59 bits per heavy atom. The van der Waals surface area contributed by atoms with Gasteiger partial charge in [-0.2, -0.15) is 0 Å². The van der Waals surface area contributed by atoms with Crippen LogP contribution < -0.4 is 15.5 Å². The molecule has 29 heavy (non-hydrogen) atoms. The summed E-state index contributed by atoms with van der Waals surface area (Å²) in [7, 11) is 4.11. The number of anilines is 1. The molecule has 0 unspecified atom stereocenters. The molecule has 1 saturated heterocycles. The zero-order valence-corrected chi connectivity index (χ0v) is 20.6. The molecule has 0 bridgehead atoms. The highest BCUT2D eigenvalue weighted by atomic mass is 127. The molecule has 0 aliphatic carbocycles. The molecule has 2 rings (SSSR count). The fourth-order valence-corrected chi connectivity index (χ4v) is 3.36. The second-order valence-corrected chi connectivity index (χ2v) is 7.54. The first-order chi connectivity index (χ1) is 13.6. The third-order valence-electron chi connectivity index (χ3n) is 5.03. The van der Waals surface area contributed by atoms with Gasteiger partial charge in [0.2, 0.25) is 5.91 Å². The average Bonchev–Trinajstić information content (AvgIpc) is 2.89. The maximum absolute atomic E-state index is 12.0. The van der Waals surface area contributed by atoms with E-state index in [4.69, 9.17) is 0 Å². The minimum Gasteiger partial charge on any atom is -0.378 e. The zero-order chi connectivity index (χ0) is 20.2. The number of benzene rings is 1. The van der Waals surface area contributed by atoms with E-state index >= 15 is 0 Å². The quantitative estimate of drug-likeness (QED) is 0.230. The topological polar surface area (TPSA) is 60.0 Å². The van der Waals surface area contributed by atoms with E-state index in [0.717, 1.165) is 64.4 Å². The summed E-state index contributed by atoms with van der Waals surface area (Å²) < 4.78 is 0. The van der Waals surface area contributed by atoms with Crippen molar-refractivity contribution in [2.45, 2.75) is 45.4 Å². The first-order valence-corrected chi connectivity index (χ1v) is 10.7. The van der Waals surface area contributed by atoms with Gasteiger partial charge in [-0.15, -0.1) is 24.0 Å². The summed E-state index contributed by atoms with van der Waals surface area (Å²) in [5.41, 5.74) is 2.53. The number of rotatable bonds is 9. The van der Waals surface area contributed by atoms with Crippen LogP contribution >= 0.6 is 24.0 Å². The van der Waals surface area contributed by atoms with E-state index in [9.17, 15) is 4.79 Å². The molecule has 1 aromatic carbocycles. The van der Waals surface area contributed by atoms with Gasteiger partial charge in [-0.25, -0.2) is 0 Å². The molecule has 0 saturated carbocycles. The van der Waals surface area contributed by atoms with E-state index in [2.05, 4.69) is 65.8 Å². The number of halogens is 1. The van der Waals surface area contributed by atoms with Gasteiger partial charge in [-0.3, -0.25) is 9.79 Å². The molecule has 1 aliphatic rings. The number of amides is 1. The second-order valence-electron chi connectivity index (χ2n) is 7.54. The summed E-state index contributed by atoms with van der Waals surface area (Å²) in [6.45, 7) is 6.23. The largest absolute Gasteiger partial charge is 0.378 e. The Hall–Kier alpha value is -1.51. The summed E-state index contributed by atoms with van der Waals surface area (Å²) in [5.74, 6) is 1.17. The minimum atomic E-state index is 0. The molecule has 1 aliphatic heterocycles. The molecule has 2 N–H and O–H groups in total. The van der Waals surface area contributed by atoms with Gasteiger partial charge >= 0.3 is 0 Å². The first-order valence-electron chi connectivity index (χ1n) is 10.7. The second kappa shape index (κ2) is 14.5. The third kappa shape index (κ3) is 9.69. The maximum Gasteiger partial charge on any atom is 0.222 e. The van der Waals surface area contributed by atoms with Gasteiger partial charge in [-0.1, -0.05) is 18.6 Å². The Balaban J connectivity index is 0.00000420. The normalized spacial score (nSPS) is 14.8. The van der Waals surface area contributed by atoms with E-state index in [1.54, 1.807) is 0 Å². The summed E-state index contributed by atoms with van der Waals surface area (Å²) in [6, 6.07) is 8.66. The van der Waals surface area contributed by atoms with Crippen LogP contribution in [-0.4, -0.2) is 63.6 Å².